The number of nitrogens with one attached hydrogen (secondary N) is 1. The van der Waals surface area contributed by atoms with E-state index in [0.717, 1.165) is 12.1 Å². The van der Waals surface area contributed by atoms with Gasteiger partial charge in [0.15, 0.2) is 0 Å². The standard InChI is InChI=1S/C17H28N2O/c1-3-5-7-15(6-4-2)13-19-17(20)16-10-8-14(12-18)9-11-16/h8-11,15H,3-7,12-13,18H2,1-2H3,(H,19,20). The van der Waals surface area contributed by atoms with Gasteiger partial charge in [0, 0.05) is 18.7 Å². The molecule has 1 atom stereocenters. The first-order valence-corrected chi connectivity index (χ1v) is 7.78. The zero-order valence-electron chi connectivity index (χ0n) is 12.8. The Morgan fingerprint density at radius 1 is 1.15 bits per heavy atom. The summed E-state index contributed by atoms with van der Waals surface area (Å²) in [5.41, 5.74) is 7.32. The Labute approximate surface area is 122 Å². The number of rotatable bonds is 9. The highest BCUT2D eigenvalue weighted by Gasteiger charge is 2.10. The highest BCUT2D eigenvalue weighted by Crippen LogP contribution is 2.14. The molecule has 3 nitrogen and oxygen atoms in total. The van der Waals surface area contributed by atoms with Crippen LogP contribution in [0.5, 0.6) is 0 Å². The molecule has 0 spiro atoms. The monoisotopic (exact) mass is 276 g/mol. The van der Waals surface area contributed by atoms with Gasteiger partial charge in [-0.25, -0.2) is 0 Å². The fourth-order valence-corrected chi connectivity index (χ4v) is 2.38. The molecule has 1 rings (SSSR count). The van der Waals surface area contributed by atoms with Crippen molar-refractivity contribution in [2.75, 3.05) is 6.54 Å². The summed E-state index contributed by atoms with van der Waals surface area (Å²) in [5.74, 6) is 0.624. The molecular weight excluding hydrogens is 248 g/mol. The number of amides is 1. The lowest BCUT2D eigenvalue weighted by Gasteiger charge is -2.16. The molecule has 0 saturated heterocycles. The molecule has 0 aliphatic carbocycles. The van der Waals surface area contributed by atoms with Crippen LogP contribution in [0, 0.1) is 5.92 Å². The third kappa shape index (κ3) is 5.74. The first kappa shape index (κ1) is 16.7. The van der Waals surface area contributed by atoms with Crippen molar-refractivity contribution in [1.29, 1.82) is 0 Å². The van der Waals surface area contributed by atoms with E-state index in [-0.39, 0.29) is 5.91 Å². The maximum atomic E-state index is 12.1. The summed E-state index contributed by atoms with van der Waals surface area (Å²) < 4.78 is 0. The van der Waals surface area contributed by atoms with Crippen molar-refractivity contribution in [3.8, 4) is 0 Å². The molecule has 0 bridgehead atoms. The van der Waals surface area contributed by atoms with E-state index in [9.17, 15) is 4.79 Å². The second kappa shape index (κ2) is 9.54. The lowest BCUT2D eigenvalue weighted by molar-refractivity contribution is 0.0945. The summed E-state index contributed by atoms with van der Waals surface area (Å²) in [6.45, 7) is 5.70. The molecule has 0 aliphatic heterocycles. The highest BCUT2D eigenvalue weighted by molar-refractivity contribution is 5.94. The van der Waals surface area contributed by atoms with Gasteiger partial charge in [-0.1, -0.05) is 45.2 Å². The fraction of sp³-hybridized carbons (Fsp3) is 0.588. The Morgan fingerprint density at radius 3 is 2.40 bits per heavy atom. The molecule has 3 heteroatoms. The number of hydrogen-bond acceptors (Lipinski definition) is 2. The Balaban J connectivity index is 2.46. The molecule has 1 aromatic rings. The minimum absolute atomic E-state index is 0.0196. The Bertz CT molecular complexity index is 386. The van der Waals surface area contributed by atoms with Gasteiger partial charge in [0.05, 0.1) is 0 Å². The summed E-state index contributed by atoms with van der Waals surface area (Å²) in [6, 6.07) is 7.52. The van der Waals surface area contributed by atoms with Crippen molar-refractivity contribution in [2.45, 2.75) is 52.5 Å². The summed E-state index contributed by atoms with van der Waals surface area (Å²) >= 11 is 0. The van der Waals surface area contributed by atoms with Gasteiger partial charge in [-0.3, -0.25) is 4.79 Å². The van der Waals surface area contributed by atoms with Crippen molar-refractivity contribution in [3.05, 3.63) is 35.4 Å². The van der Waals surface area contributed by atoms with E-state index < -0.39 is 0 Å². The van der Waals surface area contributed by atoms with E-state index in [1.165, 1.54) is 32.1 Å². The van der Waals surface area contributed by atoms with Crippen molar-refractivity contribution >= 4 is 5.91 Å². The van der Waals surface area contributed by atoms with Crippen molar-refractivity contribution in [3.63, 3.8) is 0 Å². The fourth-order valence-electron chi connectivity index (χ4n) is 2.38. The summed E-state index contributed by atoms with van der Waals surface area (Å²) in [6.07, 6.45) is 6.03. The maximum Gasteiger partial charge on any atom is 0.251 e. The van der Waals surface area contributed by atoms with E-state index >= 15 is 0 Å². The van der Waals surface area contributed by atoms with Gasteiger partial charge in [-0.05, 0) is 36.5 Å². The molecule has 0 fully saturated rings. The van der Waals surface area contributed by atoms with Crippen molar-refractivity contribution in [2.24, 2.45) is 11.7 Å². The number of nitrogens with two attached hydrogens (primary N) is 1. The van der Waals surface area contributed by atoms with Gasteiger partial charge in [0.2, 0.25) is 0 Å². The molecule has 0 radical (unpaired) electrons. The van der Waals surface area contributed by atoms with E-state index in [1.54, 1.807) is 0 Å². The Hall–Kier alpha value is -1.35. The summed E-state index contributed by atoms with van der Waals surface area (Å²) in [7, 11) is 0. The number of unbranched alkanes of at least 4 members (excludes halogenated alkanes) is 1. The maximum absolute atomic E-state index is 12.1. The van der Waals surface area contributed by atoms with Crippen LogP contribution in [-0.2, 0) is 6.54 Å². The van der Waals surface area contributed by atoms with Gasteiger partial charge >= 0.3 is 0 Å². The average Bonchev–Trinajstić information content (AvgIpc) is 2.49. The molecule has 20 heavy (non-hydrogen) atoms. The largest absolute Gasteiger partial charge is 0.352 e. The van der Waals surface area contributed by atoms with Crippen LogP contribution in [0.15, 0.2) is 24.3 Å². The number of carbonyl (C=O) groups excluding carboxylic acids is 1. The second-order valence-corrected chi connectivity index (χ2v) is 5.41. The van der Waals surface area contributed by atoms with Gasteiger partial charge in [-0.15, -0.1) is 0 Å². The lowest BCUT2D eigenvalue weighted by Crippen LogP contribution is -2.29. The molecule has 1 amide bonds. The molecule has 1 unspecified atom stereocenters. The number of carbonyl (C=O) groups is 1. The normalized spacial score (nSPS) is 12.2. The van der Waals surface area contributed by atoms with E-state index in [4.69, 9.17) is 5.73 Å². The zero-order chi connectivity index (χ0) is 14.8. The van der Waals surface area contributed by atoms with Crippen LogP contribution in [0.4, 0.5) is 0 Å². The predicted molar refractivity (Wildman–Crippen MR) is 84.6 cm³/mol. The average molecular weight is 276 g/mol. The molecule has 0 aromatic heterocycles. The lowest BCUT2D eigenvalue weighted by atomic mass is 9.97. The molecule has 112 valence electrons. The summed E-state index contributed by atoms with van der Waals surface area (Å²) in [5, 5.41) is 3.06. The molecule has 0 saturated carbocycles. The second-order valence-electron chi connectivity index (χ2n) is 5.41. The van der Waals surface area contributed by atoms with Crippen LogP contribution in [0.25, 0.3) is 0 Å². The van der Waals surface area contributed by atoms with Crippen molar-refractivity contribution in [1.82, 2.24) is 5.32 Å². The molecule has 1 aromatic carbocycles. The Morgan fingerprint density at radius 2 is 1.85 bits per heavy atom. The first-order chi connectivity index (χ1) is 9.71. The van der Waals surface area contributed by atoms with E-state index in [0.29, 0.717) is 18.0 Å². The van der Waals surface area contributed by atoms with Crippen molar-refractivity contribution < 1.29 is 4.79 Å². The third-order valence-corrected chi connectivity index (χ3v) is 3.67. The number of hydrogen-bond donors (Lipinski definition) is 2. The van der Waals surface area contributed by atoms with E-state index in [1.807, 2.05) is 24.3 Å². The number of benzene rings is 1. The van der Waals surface area contributed by atoms with Gasteiger partial charge in [-0.2, -0.15) is 0 Å². The van der Waals surface area contributed by atoms with Gasteiger partial charge in [0.25, 0.3) is 5.91 Å². The molecule has 0 heterocycles. The zero-order valence-corrected chi connectivity index (χ0v) is 12.8. The summed E-state index contributed by atoms with van der Waals surface area (Å²) in [4.78, 5) is 12.1. The minimum atomic E-state index is 0.0196. The predicted octanol–water partition coefficient (Wildman–Crippen LogP) is 3.48. The van der Waals surface area contributed by atoms with E-state index in [2.05, 4.69) is 19.2 Å². The molecular formula is C17H28N2O. The van der Waals surface area contributed by atoms with Crippen LogP contribution >= 0.6 is 0 Å². The van der Waals surface area contributed by atoms with Crippen LogP contribution in [0.2, 0.25) is 0 Å². The first-order valence-electron chi connectivity index (χ1n) is 7.78. The SMILES string of the molecule is CCCCC(CCC)CNC(=O)c1ccc(CN)cc1. The topological polar surface area (TPSA) is 55.1 Å². The van der Waals surface area contributed by atoms with Gasteiger partial charge < -0.3 is 11.1 Å². The van der Waals surface area contributed by atoms with Crippen LogP contribution in [0.3, 0.4) is 0 Å². The smallest absolute Gasteiger partial charge is 0.251 e. The van der Waals surface area contributed by atoms with Crippen LogP contribution in [-0.4, -0.2) is 12.5 Å². The third-order valence-electron chi connectivity index (χ3n) is 3.67. The molecule has 3 N–H and O–H groups in total. The molecule has 0 aliphatic rings. The highest BCUT2D eigenvalue weighted by atomic mass is 16.1. The Kier molecular flexibility index (Phi) is 7.97. The van der Waals surface area contributed by atoms with Crippen LogP contribution < -0.4 is 11.1 Å². The minimum Gasteiger partial charge on any atom is -0.352 e. The van der Waals surface area contributed by atoms with Crippen LogP contribution in [0.1, 0.15) is 61.9 Å². The quantitative estimate of drug-likeness (QED) is 0.725. The van der Waals surface area contributed by atoms with Gasteiger partial charge in [0.1, 0.15) is 0 Å².